The van der Waals surface area contributed by atoms with Crippen molar-refractivity contribution in [3.8, 4) is 0 Å². The van der Waals surface area contributed by atoms with Crippen LogP contribution in [-0.4, -0.2) is 57.3 Å². The van der Waals surface area contributed by atoms with Crippen LogP contribution >= 0.6 is 0 Å². The van der Waals surface area contributed by atoms with E-state index in [4.69, 9.17) is 4.98 Å². The summed E-state index contributed by atoms with van der Waals surface area (Å²) in [6.07, 6.45) is 0. The van der Waals surface area contributed by atoms with Crippen molar-refractivity contribution in [3.63, 3.8) is 0 Å². The fourth-order valence-electron chi connectivity index (χ4n) is 4.79. The fourth-order valence-corrected chi connectivity index (χ4v) is 4.79. The van der Waals surface area contributed by atoms with Crippen LogP contribution in [0.5, 0.6) is 0 Å². The van der Waals surface area contributed by atoms with Crippen molar-refractivity contribution >= 4 is 28.5 Å². The molecule has 1 aromatic heterocycles. The minimum absolute atomic E-state index is 0.0938. The molecule has 0 saturated carbocycles. The first-order valence-electron chi connectivity index (χ1n) is 12.5. The normalized spacial score (nSPS) is 14.2. The fraction of sp³-hybridized carbons (Fsp3) is 0.276. The number of anilines is 1. The molecule has 1 N–H and O–H groups in total. The summed E-state index contributed by atoms with van der Waals surface area (Å²) in [5, 5.41) is 3.00. The summed E-state index contributed by atoms with van der Waals surface area (Å²) in [6.45, 7) is 8.66. The van der Waals surface area contributed by atoms with E-state index >= 15 is 0 Å². The number of piperazine rings is 1. The van der Waals surface area contributed by atoms with Crippen molar-refractivity contribution in [2.75, 3.05) is 31.5 Å². The first kappa shape index (κ1) is 23.8. The molecule has 7 nitrogen and oxygen atoms in total. The number of amides is 2. The highest BCUT2D eigenvalue weighted by Gasteiger charge is 2.23. The molecule has 2 amide bonds. The van der Waals surface area contributed by atoms with Crippen molar-refractivity contribution < 1.29 is 9.59 Å². The van der Waals surface area contributed by atoms with Crippen molar-refractivity contribution in [3.05, 3.63) is 95.3 Å². The molecule has 3 aromatic carbocycles. The molecule has 0 unspecified atom stereocenters. The van der Waals surface area contributed by atoms with E-state index in [-0.39, 0.29) is 11.8 Å². The van der Waals surface area contributed by atoms with E-state index in [0.29, 0.717) is 18.7 Å². The van der Waals surface area contributed by atoms with Gasteiger partial charge in [-0.3, -0.25) is 14.5 Å². The summed E-state index contributed by atoms with van der Waals surface area (Å²) >= 11 is 0. The number of carbonyl (C=O) groups excluding carboxylic acids is 2. The van der Waals surface area contributed by atoms with Gasteiger partial charge < -0.3 is 14.8 Å². The van der Waals surface area contributed by atoms with Gasteiger partial charge in [0.25, 0.3) is 11.8 Å². The number of rotatable bonds is 6. The van der Waals surface area contributed by atoms with Gasteiger partial charge in [0.05, 0.1) is 17.6 Å². The van der Waals surface area contributed by atoms with Crippen molar-refractivity contribution in [1.82, 2.24) is 19.4 Å². The number of imidazole rings is 1. The van der Waals surface area contributed by atoms with E-state index < -0.39 is 0 Å². The standard InChI is InChI=1S/C29H31N5O2/c1-3-34-26-13-12-24(30-28(35)23-11-7-8-21(2)18-23)19-25(26)31-27(34)20-32-14-16-33(17-15-32)29(36)22-9-5-4-6-10-22/h4-13,18-19H,3,14-17,20H2,1-2H3,(H,30,35). The highest BCUT2D eigenvalue weighted by atomic mass is 16.2. The Labute approximate surface area is 211 Å². The van der Waals surface area contributed by atoms with E-state index in [1.54, 1.807) is 0 Å². The second-order valence-corrected chi connectivity index (χ2v) is 9.23. The summed E-state index contributed by atoms with van der Waals surface area (Å²) in [4.78, 5) is 34.6. The third-order valence-electron chi connectivity index (χ3n) is 6.73. The van der Waals surface area contributed by atoms with Gasteiger partial charge >= 0.3 is 0 Å². The van der Waals surface area contributed by atoms with E-state index in [2.05, 4.69) is 21.7 Å². The number of benzene rings is 3. The van der Waals surface area contributed by atoms with Crippen molar-refractivity contribution in [1.29, 1.82) is 0 Å². The molecular weight excluding hydrogens is 450 g/mol. The number of nitrogens with one attached hydrogen (secondary N) is 1. The Hall–Kier alpha value is -3.97. The monoisotopic (exact) mass is 481 g/mol. The van der Waals surface area contributed by atoms with Crippen LogP contribution in [0.1, 0.15) is 39.0 Å². The zero-order chi connectivity index (χ0) is 25.1. The molecule has 1 fully saturated rings. The maximum atomic E-state index is 12.8. The first-order valence-corrected chi connectivity index (χ1v) is 12.5. The number of nitrogens with zero attached hydrogens (tertiary/aromatic N) is 4. The average molecular weight is 482 g/mol. The number of hydrogen-bond acceptors (Lipinski definition) is 4. The molecule has 4 aromatic rings. The minimum Gasteiger partial charge on any atom is -0.336 e. The molecule has 1 aliphatic heterocycles. The summed E-state index contributed by atoms with van der Waals surface area (Å²) in [5.41, 5.74) is 5.08. The van der Waals surface area contributed by atoms with Gasteiger partial charge in [0, 0.05) is 49.5 Å². The zero-order valence-electron chi connectivity index (χ0n) is 20.8. The van der Waals surface area contributed by atoms with Gasteiger partial charge in [-0.2, -0.15) is 0 Å². The van der Waals surface area contributed by atoms with Crippen molar-refractivity contribution in [2.24, 2.45) is 0 Å². The Bertz CT molecular complexity index is 1390. The van der Waals surface area contributed by atoms with Gasteiger partial charge in [0.15, 0.2) is 0 Å². The van der Waals surface area contributed by atoms with Crippen LogP contribution in [0.25, 0.3) is 11.0 Å². The largest absolute Gasteiger partial charge is 0.336 e. The highest BCUT2D eigenvalue weighted by Crippen LogP contribution is 2.23. The topological polar surface area (TPSA) is 70.5 Å². The second-order valence-electron chi connectivity index (χ2n) is 9.23. The average Bonchev–Trinajstić information content (AvgIpc) is 3.25. The SMILES string of the molecule is CCn1c(CN2CCN(C(=O)c3ccccc3)CC2)nc2cc(NC(=O)c3cccc(C)c3)ccc21. The molecule has 0 aliphatic carbocycles. The summed E-state index contributed by atoms with van der Waals surface area (Å²) < 4.78 is 2.23. The molecule has 5 rings (SSSR count). The molecule has 0 bridgehead atoms. The Morgan fingerprint density at radius 2 is 1.64 bits per heavy atom. The molecule has 36 heavy (non-hydrogen) atoms. The van der Waals surface area contributed by atoms with Crippen LogP contribution in [0, 0.1) is 6.92 Å². The van der Waals surface area contributed by atoms with E-state index in [9.17, 15) is 9.59 Å². The quantitative estimate of drug-likeness (QED) is 0.438. The van der Waals surface area contributed by atoms with Gasteiger partial charge in [-0.05, 0) is 56.3 Å². The van der Waals surface area contributed by atoms with E-state index in [1.807, 2.05) is 84.6 Å². The molecule has 0 spiro atoms. The Morgan fingerprint density at radius 1 is 0.889 bits per heavy atom. The molecule has 2 heterocycles. The number of carbonyl (C=O) groups is 2. The molecule has 1 aliphatic rings. The predicted octanol–water partition coefficient (Wildman–Crippen LogP) is 4.57. The summed E-state index contributed by atoms with van der Waals surface area (Å²) in [5.74, 6) is 0.963. The van der Waals surface area contributed by atoms with Crippen LogP contribution in [-0.2, 0) is 13.1 Å². The summed E-state index contributed by atoms with van der Waals surface area (Å²) in [7, 11) is 0. The number of aryl methyl sites for hydroxylation is 2. The molecular formula is C29H31N5O2. The molecule has 1 saturated heterocycles. The maximum absolute atomic E-state index is 12.8. The molecule has 184 valence electrons. The maximum Gasteiger partial charge on any atom is 0.255 e. The van der Waals surface area contributed by atoms with Crippen LogP contribution < -0.4 is 5.32 Å². The van der Waals surface area contributed by atoms with E-state index in [1.165, 1.54) is 0 Å². The lowest BCUT2D eigenvalue weighted by atomic mass is 10.1. The zero-order valence-corrected chi connectivity index (χ0v) is 20.8. The highest BCUT2D eigenvalue weighted by molar-refractivity contribution is 6.05. The second kappa shape index (κ2) is 10.3. The molecule has 0 radical (unpaired) electrons. The van der Waals surface area contributed by atoms with Crippen LogP contribution in [0.3, 0.4) is 0 Å². The Morgan fingerprint density at radius 3 is 2.36 bits per heavy atom. The van der Waals surface area contributed by atoms with Crippen LogP contribution in [0.4, 0.5) is 5.69 Å². The van der Waals surface area contributed by atoms with Gasteiger partial charge in [-0.15, -0.1) is 0 Å². The van der Waals surface area contributed by atoms with Crippen LogP contribution in [0.2, 0.25) is 0 Å². The Kier molecular flexibility index (Phi) is 6.82. The lowest BCUT2D eigenvalue weighted by molar-refractivity contribution is 0.0624. The predicted molar refractivity (Wildman–Crippen MR) is 142 cm³/mol. The van der Waals surface area contributed by atoms with Crippen molar-refractivity contribution in [2.45, 2.75) is 26.9 Å². The summed E-state index contributed by atoms with van der Waals surface area (Å²) in [6, 6.07) is 22.9. The van der Waals surface area contributed by atoms with Gasteiger partial charge in [-0.25, -0.2) is 4.98 Å². The van der Waals surface area contributed by atoms with Gasteiger partial charge in [0.1, 0.15) is 5.82 Å². The lowest BCUT2D eigenvalue weighted by Crippen LogP contribution is -2.48. The first-order chi connectivity index (χ1) is 17.5. The molecule has 7 heteroatoms. The third-order valence-corrected chi connectivity index (χ3v) is 6.73. The van der Waals surface area contributed by atoms with Crippen LogP contribution in [0.15, 0.2) is 72.8 Å². The van der Waals surface area contributed by atoms with Gasteiger partial charge in [0.2, 0.25) is 0 Å². The third kappa shape index (κ3) is 5.02. The minimum atomic E-state index is -0.129. The lowest BCUT2D eigenvalue weighted by Gasteiger charge is -2.34. The smallest absolute Gasteiger partial charge is 0.255 e. The number of aromatic nitrogens is 2. The van der Waals surface area contributed by atoms with Gasteiger partial charge in [-0.1, -0.05) is 35.9 Å². The van der Waals surface area contributed by atoms with E-state index in [0.717, 1.165) is 59.9 Å². The number of hydrogen-bond donors (Lipinski definition) is 1. The number of fused-ring (bicyclic) bond motifs is 1. The Balaban J connectivity index is 1.26. The molecule has 0 atom stereocenters.